The zero-order valence-electron chi connectivity index (χ0n) is 19.6. The molecule has 0 spiro atoms. The van der Waals surface area contributed by atoms with E-state index in [1.54, 1.807) is 30.3 Å². The van der Waals surface area contributed by atoms with Gasteiger partial charge in [-0.3, -0.25) is 14.4 Å². The van der Waals surface area contributed by atoms with Crippen molar-refractivity contribution >= 4 is 23.4 Å². The molecule has 2 aromatic rings. The molecule has 3 amide bonds. The summed E-state index contributed by atoms with van der Waals surface area (Å²) < 4.78 is 83.4. The largest absolute Gasteiger partial charge is 0.485 e. The Morgan fingerprint density at radius 3 is 2.27 bits per heavy atom. The lowest BCUT2D eigenvalue weighted by molar-refractivity contribution is -0.278. The molecule has 1 aliphatic rings. The molecule has 0 bridgehead atoms. The number of nitrogens with one attached hydrogen (secondary N) is 3. The second kappa shape index (κ2) is 10.3. The number of alkyl halides is 5. The van der Waals surface area contributed by atoms with Crippen molar-refractivity contribution in [2.24, 2.45) is 5.41 Å². The maximum atomic E-state index is 13.7. The second-order valence-electron chi connectivity index (χ2n) is 8.94. The fourth-order valence-corrected chi connectivity index (χ4v) is 3.41. The number of fused-ring (bicyclic) bond motifs is 1. The van der Waals surface area contributed by atoms with Crippen molar-refractivity contribution in [3.8, 4) is 5.75 Å². The summed E-state index contributed by atoms with van der Waals surface area (Å²) in [6.45, 7) is -0.0824. The van der Waals surface area contributed by atoms with Crippen molar-refractivity contribution in [3.63, 3.8) is 0 Å². The fraction of sp³-hybridized carbons (Fsp3) is 0.375. The maximum absolute atomic E-state index is 13.7. The van der Waals surface area contributed by atoms with Crippen LogP contribution in [0.1, 0.15) is 19.4 Å². The molecule has 2 aromatic carbocycles. The normalized spacial score (nSPS) is 18.1. The number of carbonyl (C=O) groups excluding carboxylic acids is 3. The third-order valence-electron chi connectivity index (χ3n) is 5.72. The first-order valence-electron chi connectivity index (χ1n) is 11.0. The van der Waals surface area contributed by atoms with Gasteiger partial charge in [-0.2, -0.15) is 22.0 Å². The lowest BCUT2D eigenvalue weighted by atomic mass is 9.89. The monoisotopic (exact) mass is 531 g/mol. The van der Waals surface area contributed by atoms with Crippen molar-refractivity contribution in [3.05, 3.63) is 59.9 Å². The summed E-state index contributed by atoms with van der Waals surface area (Å²) in [6, 6.07) is 10.6. The van der Waals surface area contributed by atoms with Gasteiger partial charge in [0.25, 0.3) is 5.91 Å². The molecular weight excluding hydrogens is 508 g/mol. The van der Waals surface area contributed by atoms with E-state index in [0.717, 1.165) is 26.0 Å². The number of halogens is 6. The Labute approximate surface area is 207 Å². The fourth-order valence-electron chi connectivity index (χ4n) is 3.41. The van der Waals surface area contributed by atoms with Gasteiger partial charge in [-0.1, -0.05) is 30.3 Å². The smallest absolute Gasteiger partial charge is 0.455 e. The first-order chi connectivity index (χ1) is 17.1. The van der Waals surface area contributed by atoms with Crippen LogP contribution in [0, 0.1) is 11.2 Å². The molecule has 0 radical (unpaired) electrons. The van der Waals surface area contributed by atoms with Crippen LogP contribution in [0.25, 0.3) is 0 Å². The quantitative estimate of drug-likeness (QED) is 0.376. The molecule has 200 valence electrons. The van der Waals surface area contributed by atoms with Crippen LogP contribution in [0.15, 0.2) is 48.5 Å². The third kappa shape index (κ3) is 6.33. The van der Waals surface area contributed by atoms with E-state index in [9.17, 15) is 40.7 Å². The van der Waals surface area contributed by atoms with E-state index >= 15 is 0 Å². The van der Waals surface area contributed by atoms with Gasteiger partial charge in [-0.25, -0.2) is 4.39 Å². The molecule has 2 atom stereocenters. The standard InChI is InChI=1S/C24H23F6N3O4/c1-22(2,20(35)31-12-23(26,27)24(28,29)30)21(36)33-18-17(10-13-6-4-3-5-7-13)37-16-9-8-14(25)11-15(16)32-19(18)34/h3-9,11,17-18H,10,12H2,1-2H3,(H,31,35)(H,32,34)(H,33,36)/t17-,18+/m1/s1. The van der Waals surface area contributed by atoms with Crippen LogP contribution < -0.4 is 20.7 Å². The highest BCUT2D eigenvalue weighted by Gasteiger charge is 2.57. The summed E-state index contributed by atoms with van der Waals surface area (Å²) >= 11 is 0. The summed E-state index contributed by atoms with van der Waals surface area (Å²) in [5, 5.41) is 6.21. The first kappa shape index (κ1) is 27.8. The molecule has 1 aliphatic heterocycles. The molecule has 1 heterocycles. The van der Waals surface area contributed by atoms with E-state index in [2.05, 4.69) is 10.6 Å². The zero-order valence-corrected chi connectivity index (χ0v) is 19.6. The van der Waals surface area contributed by atoms with Gasteiger partial charge in [-0.15, -0.1) is 0 Å². The van der Waals surface area contributed by atoms with Gasteiger partial charge in [0.2, 0.25) is 11.8 Å². The minimum atomic E-state index is -5.90. The SMILES string of the molecule is CC(C)(C(=O)NCC(F)(F)C(F)(F)F)C(=O)N[C@@H]1C(=O)Nc2cc(F)ccc2O[C@@H]1Cc1ccccc1. The highest BCUT2D eigenvalue weighted by molar-refractivity contribution is 6.07. The van der Waals surface area contributed by atoms with Crippen LogP contribution in [0.5, 0.6) is 5.75 Å². The average Bonchev–Trinajstić information content (AvgIpc) is 2.93. The number of hydrogen-bond donors (Lipinski definition) is 3. The molecular formula is C24H23F6N3O4. The molecule has 0 aromatic heterocycles. The highest BCUT2D eigenvalue weighted by Crippen LogP contribution is 2.35. The van der Waals surface area contributed by atoms with Gasteiger partial charge in [0, 0.05) is 12.5 Å². The highest BCUT2D eigenvalue weighted by atomic mass is 19.4. The molecule has 7 nitrogen and oxygen atoms in total. The van der Waals surface area contributed by atoms with Crippen LogP contribution in [0.2, 0.25) is 0 Å². The van der Waals surface area contributed by atoms with E-state index in [1.807, 2.05) is 0 Å². The third-order valence-corrected chi connectivity index (χ3v) is 5.72. The molecule has 0 saturated carbocycles. The van der Waals surface area contributed by atoms with Crippen LogP contribution in [-0.2, 0) is 20.8 Å². The molecule has 3 N–H and O–H groups in total. The molecule has 0 unspecified atom stereocenters. The van der Waals surface area contributed by atoms with E-state index in [4.69, 9.17) is 4.74 Å². The summed E-state index contributed by atoms with van der Waals surface area (Å²) in [5.41, 5.74) is -1.47. The number of rotatable bonds is 7. The predicted molar refractivity (Wildman–Crippen MR) is 119 cm³/mol. The van der Waals surface area contributed by atoms with Crippen molar-refractivity contribution < 1.29 is 45.5 Å². The van der Waals surface area contributed by atoms with Crippen molar-refractivity contribution in [1.82, 2.24) is 10.6 Å². The average molecular weight is 531 g/mol. The van der Waals surface area contributed by atoms with Crippen molar-refractivity contribution in [1.29, 1.82) is 0 Å². The predicted octanol–water partition coefficient (Wildman–Crippen LogP) is 3.59. The second-order valence-corrected chi connectivity index (χ2v) is 8.94. The molecule has 3 rings (SSSR count). The van der Waals surface area contributed by atoms with E-state index in [-0.39, 0.29) is 17.9 Å². The zero-order chi connectivity index (χ0) is 27.6. The van der Waals surface area contributed by atoms with E-state index < -0.39 is 59.7 Å². The Balaban J connectivity index is 1.83. The lowest BCUT2D eigenvalue weighted by Crippen LogP contribution is -2.58. The number of benzene rings is 2. The topological polar surface area (TPSA) is 96.5 Å². The van der Waals surface area contributed by atoms with Crippen LogP contribution in [-0.4, -0.2) is 48.5 Å². The Bertz CT molecular complexity index is 1170. The number of hydrogen-bond acceptors (Lipinski definition) is 4. The van der Waals surface area contributed by atoms with Crippen LogP contribution >= 0.6 is 0 Å². The van der Waals surface area contributed by atoms with E-state index in [1.165, 1.54) is 11.4 Å². The Morgan fingerprint density at radius 2 is 1.65 bits per heavy atom. The number of anilines is 1. The van der Waals surface area contributed by atoms with Crippen LogP contribution in [0.4, 0.5) is 32.0 Å². The summed E-state index contributed by atoms with van der Waals surface area (Å²) in [4.78, 5) is 38.5. The number of ether oxygens (including phenoxy) is 1. The molecule has 0 aliphatic carbocycles. The Morgan fingerprint density at radius 1 is 1.00 bits per heavy atom. The van der Waals surface area contributed by atoms with Crippen molar-refractivity contribution in [2.45, 2.75) is 44.5 Å². The first-order valence-corrected chi connectivity index (χ1v) is 11.0. The van der Waals surface area contributed by atoms with Gasteiger partial charge in [0.1, 0.15) is 29.1 Å². The van der Waals surface area contributed by atoms with Gasteiger partial charge >= 0.3 is 12.1 Å². The van der Waals surface area contributed by atoms with Gasteiger partial charge in [-0.05, 0) is 31.5 Å². The minimum Gasteiger partial charge on any atom is -0.485 e. The Kier molecular flexibility index (Phi) is 7.75. The van der Waals surface area contributed by atoms with Crippen molar-refractivity contribution in [2.75, 3.05) is 11.9 Å². The summed E-state index contributed by atoms with van der Waals surface area (Å²) in [6.07, 6.45) is -6.88. The maximum Gasteiger partial charge on any atom is 0.455 e. The molecule has 37 heavy (non-hydrogen) atoms. The van der Waals surface area contributed by atoms with Crippen LogP contribution in [0.3, 0.4) is 0 Å². The molecule has 13 heteroatoms. The van der Waals surface area contributed by atoms with E-state index in [0.29, 0.717) is 5.56 Å². The molecule has 0 saturated heterocycles. The number of carbonyl (C=O) groups is 3. The summed E-state index contributed by atoms with van der Waals surface area (Å²) in [7, 11) is 0. The summed E-state index contributed by atoms with van der Waals surface area (Å²) in [5.74, 6) is -9.16. The minimum absolute atomic E-state index is 0.00815. The van der Waals surface area contributed by atoms with Gasteiger partial charge in [0.15, 0.2) is 0 Å². The van der Waals surface area contributed by atoms with Gasteiger partial charge in [0.05, 0.1) is 12.2 Å². The van der Waals surface area contributed by atoms with Gasteiger partial charge < -0.3 is 20.7 Å². The lowest BCUT2D eigenvalue weighted by Gasteiger charge is -2.30. The molecule has 0 fully saturated rings. The number of amides is 3. The Hall–Kier alpha value is -3.77.